The Morgan fingerprint density at radius 2 is 1.50 bits per heavy atom. The van der Waals surface area contributed by atoms with Crippen molar-refractivity contribution in [3.8, 4) is 0 Å². The summed E-state index contributed by atoms with van der Waals surface area (Å²) < 4.78 is 29.2. The Balaban J connectivity index is 1.43. The second-order valence-corrected chi connectivity index (χ2v) is 8.81. The molecule has 3 aromatic heterocycles. The zero-order chi connectivity index (χ0) is 22.7. The number of imidazole rings is 1. The summed E-state index contributed by atoms with van der Waals surface area (Å²) in [5, 5.41) is 6.29. The number of rotatable bonds is 7. The molecule has 164 valence electrons. The van der Waals surface area contributed by atoms with Gasteiger partial charge in [-0.2, -0.15) is 8.42 Å². The Labute approximate surface area is 185 Å². The third kappa shape index (κ3) is 5.01. The minimum absolute atomic E-state index is 0.0242. The number of hydrogen-bond donors (Lipinski definition) is 3. The van der Waals surface area contributed by atoms with Gasteiger partial charge in [0.1, 0.15) is 29.6 Å². The quantitative estimate of drug-likeness (QED) is 0.390. The van der Waals surface area contributed by atoms with Crippen LogP contribution < -0.4 is 15.4 Å². The first-order chi connectivity index (χ1) is 15.3. The van der Waals surface area contributed by atoms with Gasteiger partial charge in [0, 0.05) is 36.9 Å². The van der Waals surface area contributed by atoms with Crippen molar-refractivity contribution >= 4 is 38.9 Å². The Bertz CT molecular complexity index is 1330. The van der Waals surface area contributed by atoms with Crippen molar-refractivity contribution in [3.63, 3.8) is 0 Å². The first-order valence-corrected chi connectivity index (χ1v) is 11.2. The number of pyridine rings is 1. The van der Waals surface area contributed by atoms with Crippen LogP contribution in [0.15, 0.2) is 66.2 Å². The molecule has 0 aliphatic rings. The van der Waals surface area contributed by atoms with E-state index in [2.05, 4.69) is 35.3 Å². The second-order valence-electron chi connectivity index (χ2n) is 7.18. The van der Waals surface area contributed by atoms with E-state index in [1.54, 1.807) is 55.1 Å². The molecule has 0 saturated heterocycles. The fourth-order valence-electron chi connectivity index (χ4n) is 2.86. The normalized spacial score (nSPS) is 11.2. The highest BCUT2D eigenvalue weighted by atomic mass is 32.2. The highest BCUT2D eigenvalue weighted by Crippen LogP contribution is 2.22. The maximum Gasteiger partial charge on any atom is 0.280 e. The monoisotopic (exact) mass is 450 g/mol. The van der Waals surface area contributed by atoms with Crippen molar-refractivity contribution in [3.05, 3.63) is 72.6 Å². The number of hydrogen-bond acceptors (Lipinski definition) is 8. The van der Waals surface area contributed by atoms with Gasteiger partial charge in [-0.1, -0.05) is 0 Å². The van der Waals surface area contributed by atoms with Crippen molar-refractivity contribution in [2.45, 2.75) is 18.9 Å². The van der Waals surface area contributed by atoms with Crippen molar-refractivity contribution in [2.24, 2.45) is 7.05 Å². The Morgan fingerprint density at radius 1 is 0.844 bits per heavy atom. The molecule has 0 atom stereocenters. The molecule has 10 nitrogen and oxygen atoms in total. The molecule has 0 fully saturated rings. The summed E-state index contributed by atoms with van der Waals surface area (Å²) in [6.45, 7) is 3.73. The highest BCUT2D eigenvalue weighted by molar-refractivity contribution is 7.92. The maximum absolute atomic E-state index is 12.5. The summed E-state index contributed by atoms with van der Waals surface area (Å²) in [4.78, 5) is 16.8. The third-order valence-electron chi connectivity index (χ3n) is 4.61. The molecule has 11 heteroatoms. The number of aromatic nitrogens is 5. The van der Waals surface area contributed by atoms with Crippen molar-refractivity contribution in [2.75, 3.05) is 15.4 Å². The molecular formula is C21H22N8O2S. The summed E-state index contributed by atoms with van der Waals surface area (Å²) in [5.41, 5.74) is 2.25. The Morgan fingerprint density at radius 3 is 2.16 bits per heavy atom. The maximum atomic E-state index is 12.5. The van der Waals surface area contributed by atoms with Crippen molar-refractivity contribution in [1.29, 1.82) is 0 Å². The van der Waals surface area contributed by atoms with E-state index in [-0.39, 0.29) is 5.03 Å². The van der Waals surface area contributed by atoms with Gasteiger partial charge in [-0.3, -0.25) is 4.72 Å². The van der Waals surface area contributed by atoms with E-state index in [0.29, 0.717) is 29.0 Å². The SMILES string of the molecule is Cc1ccnc(Nc2cc(Nc3ccc(NS(=O)(=O)c4cn(C)c(C)n4)cc3)ncn2)c1. The third-order valence-corrected chi connectivity index (χ3v) is 5.86. The van der Waals surface area contributed by atoms with E-state index in [4.69, 9.17) is 0 Å². The molecule has 0 amide bonds. The van der Waals surface area contributed by atoms with E-state index in [1.165, 1.54) is 12.5 Å². The standard InChI is InChI=1S/C21H22N8O2S/c1-14-8-9-22-18(10-14)27-20-11-19(23-13-24-20)26-16-4-6-17(7-5-16)28-32(30,31)21-12-29(3)15(2)25-21/h4-13,28H,1-3H3,(H2,22,23,24,26,27). The molecule has 1 aromatic carbocycles. The highest BCUT2D eigenvalue weighted by Gasteiger charge is 2.18. The van der Waals surface area contributed by atoms with Crippen LogP contribution >= 0.6 is 0 Å². The molecule has 3 N–H and O–H groups in total. The van der Waals surface area contributed by atoms with Crippen LogP contribution in [0, 0.1) is 13.8 Å². The Hall–Kier alpha value is -3.99. The van der Waals surface area contributed by atoms with Crippen LogP contribution in [0.2, 0.25) is 0 Å². The van der Waals surface area contributed by atoms with E-state index >= 15 is 0 Å². The van der Waals surface area contributed by atoms with Crippen LogP contribution in [0.5, 0.6) is 0 Å². The van der Waals surface area contributed by atoms with Crippen LogP contribution in [0.4, 0.5) is 28.8 Å². The lowest BCUT2D eigenvalue weighted by atomic mass is 10.3. The number of nitrogens with one attached hydrogen (secondary N) is 3. The smallest absolute Gasteiger partial charge is 0.280 e. The van der Waals surface area contributed by atoms with Gasteiger partial charge in [0.15, 0.2) is 5.03 Å². The fraction of sp³-hybridized carbons (Fsp3) is 0.143. The van der Waals surface area contributed by atoms with E-state index < -0.39 is 10.0 Å². The van der Waals surface area contributed by atoms with Gasteiger partial charge in [0.25, 0.3) is 10.0 Å². The predicted octanol–water partition coefficient (Wildman–Crippen LogP) is 3.51. The van der Waals surface area contributed by atoms with Crippen LogP contribution in [-0.4, -0.2) is 32.9 Å². The molecule has 3 heterocycles. The number of sulfonamides is 1. The minimum atomic E-state index is -3.76. The topological polar surface area (TPSA) is 127 Å². The molecule has 0 spiro atoms. The van der Waals surface area contributed by atoms with Crippen molar-refractivity contribution < 1.29 is 8.42 Å². The molecular weight excluding hydrogens is 428 g/mol. The summed E-state index contributed by atoms with van der Waals surface area (Å²) in [6, 6.07) is 12.4. The van der Waals surface area contributed by atoms with Crippen molar-refractivity contribution in [1.82, 2.24) is 24.5 Å². The lowest BCUT2D eigenvalue weighted by Crippen LogP contribution is -2.13. The average molecular weight is 451 g/mol. The first kappa shape index (κ1) is 21.2. The fourth-order valence-corrected chi connectivity index (χ4v) is 3.96. The summed E-state index contributed by atoms with van der Waals surface area (Å²) in [6.07, 6.45) is 4.64. The van der Waals surface area contributed by atoms with Crippen LogP contribution in [-0.2, 0) is 17.1 Å². The molecule has 0 radical (unpaired) electrons. The van der Waals surface area contributed by atoms with E-state index in [9.17, 15) is 8.42 Å². The number of nitrogens with zero attached hydrogens (tertiary/aromatic N) is 5. The van der Waals surface area contributed by atoms with Gasteiger partial charge >= 0.3 is 0 Å². The zero-order valence-electron chi connectivity index (χ0n) is 17.7. The molecule has 4 aromatic rings. The van der Waals surface area contributed by atoms with Gasteiger partial charge < -0.3 is 15.2 Å². The van der Waals surface area contributed by atoms with Crippen LogP contribution in [0.25, 0.3) is 0 Å². The van der Waals surface area contributed by atoms with Crippen LogP contribution in [0.3, 0.4) is 0 Å². The molecule has 0 unspecified atom stereocenters. The molecule has 32 heavy (non-hydrogen) atoms. The minimum Gasteiger partial charge on any atom is -0.340 e. The Kier molecular flexibility index (Phi) is 5.73. The van der Waals surface area contributed by atoms with E-state index in [1.807, 2.05) is 19.1 Å². The molecule has 0 aliphatic carbocycles. The van der Waals surface area contributed by atoms with E-state index in [0.717, 1.165) is 11.3 Å². The molecule has 4 rings (SSSR count). The molecule has 0 saturated carbocycles. The number of benzene rings is 1. The van der Waals surface area contributed by atoms with Gasteiger partial charge in [-0.25, -0.2) is 19.9 Å². The zero-order valence-corrected chi connectivity index (χ0v) is 18.6. The number of anilines is 5. The first-order valence-electron chi connectivity index (χ1n) is 9.70. The summed E-state index contributed by atoms with van der Waals surface area (Å²) in [7, 11) is -2.02. The average Bonchev–Trinajstić information content (AvgIpc) is 3.09. The predicted molar refractivity (Wildman–Crippen MR) is 123 cm³/mol. The van der Waals surface area contributed by atoms with Crippen LogP contribution in [0.1, 0.15) is 11.4 Å². The van der Waals surface area contributed by atoms with Gasteiger partial charge in [0.05, 0.1) is 0 Å². The lowest BCUT2D eigenvalue weighted by molar-refractivity contribution is 0.598. The van der Waals surface area contributed by atoms with Gasteiger partial charge in [0.2, 0.25) is 0 Å². The summed E-state index contributed by atoms with van der Waals surface area (Å²) >= 11 is 0. The molecule has 0 bridgehead atoms. The lowest BCUT2D eigenvalue weighted by Gasteiger charge is -2.10. The summed E-state index contributed by atoms with van der Waals surface area (Å²) in [5.74, 6) is 2.47. The second kappa shape index (κ2) is 8.63. The van der Waals surface area contributed by atoms with Gasteiger partial charge in [-0.05, 0) is 55.8 Å². The molecule has 0 aliphatic heterocycles. The number of aryl methyl sites for hydroxylation is 3. The largest absolute Gasteiger partial charge is 0.340 e. The van der Waals surface area contributed by atoms with Gasteiger partial charge in [-0.15, -0.1) is 0 Å².